The van der Waals surface area contributed by atoms with Gasteiger partial charge in [-0.25, -0.2) is 8.42 Å². The van der Waals surface area contributed by atoms with E-state index >= 15 is 0 Å². The lowest BCUT2D eigenvalue weighted by atomic mass is 9.98. The molecule has 0 fully saturated rings. The molecule has 2 rings (SSSR count). The predicted octanol–water partition coefficient (Wildman–Crippen LogP) is 1.73. The Morgan fingerprint density at radius 2 is 2.09 bits per heavy atom. The Morgan fingerprint density at radius 3 is 2.65 bits per heavy atom. The number of carboxylic acid groups (broad SMARTS) is 1. The van der Waals surface area contributed by atoms with Gasteiger partial charge in [-0.2, -0.15) is 0 Å². The number of carboxylic acids is 1. The van der Waals surface area contributed by atoms with Crippen LogP contribution in [0.15, 0.2) is 22.7 Å². The quantitative estimate of drug-likeness (QED) is 0.807. The number of rotatable bonds is 5. The van der Waals surface area contributed by atoms with Crippen molar-refractivity contribution in [3.05, 3.63) is 33.8 Å². The van der Waals surface area contributed by atoms with Gasteiger partial charge in [0.2, 0.25) is 0 Å². The first-order chi connectivity index (χ1) is 10.6. The van der Waals surface area contributed by atoms with Gasteiger partial charge in [0.25, 0.3) is 5.91 Å². The first-order valence-corrected chi connectivity index (χ1v) is 9.75. The molecular weight excluding hydrogens is 386 g/mol. The normalized spacial score (nSPS) is 17.5. The summed E-state index contributed by atoms with van der Waals surface area (Å²) < 4.78 is 22.6. The zero-order chi connectivity index (χ0) is 17.4. The number of hydrogen-bond donors (Lipinski definition) is 1. The fraction of sp³-hybridized carbons (Fsp3) is 0.467. The number of amides is 1. The number of carbonyl (C=O) groups is 2. The second-order valence-electron chi connectivity index (χ2n) is 5.90. The fourth-order valence-corrected chi connectivity index (χ4v) is 3.71. The van der Waals surface area contributed by atoms with E-state index in [2.05, 4.69) is 15.9 Å². The molecule has 0 saturated heterocycles. The molecule has 8 heteroatoms. The van der Waals surface area contributed by atoms with E-state index in [1.807, 2.05) is 6.07 Å². The lowest BCUT2D eigenvalue weighted by Gasteiger charge is -2.31. The molecule has 1 aromatic rings. The van der Waals surface area contributed by atoms with Gasteiger partial charge in [0.15, 0.2) is 14.6 Å². The molecule has 1 aromatic carbocycles. The highest BCUT2D eigenvalue weighted by atomic mass is 79.9. The minimum Gasteiger partial charge on any atom is -0.480 e. The maximum atomic E-state index is 12.5. The topological polar surface area (TPSA) is 91.8 Å². The number of benzene rings is 1. The van der Waals surface area contributed by atoms with E-state index in [0.29, 0.717) is 18.5 Å². The molecule has 0 aliphatic carbocycles. The van der Waals surface area contributed by atoms with Gasteiger partial charge < -0.3 is 10.0 Å². The summed E-state index contributed by atoms with van der Waals surface area (Å²) in [6.07, 6.45) is 1.42. The van der Waals surface area contributed by atoms with Crippen LogP contribution in [-0.2, 0) is 21.1 Å². The molecule has 1 heterocycles. The van der Waals surface area contributed by atoms with Gasteiger partial charge >= 0.3 is 5.97 Å². The van der Waals surface area contributed by atoms with Crippen LogP contribution in [0.25, 0.3) is 0 Å². The first kappa shape index (κ1) is 17.9. The van der Waals surface area contributed by atoms with Crippen molar-refractivity contribution in [2.24, 2.45) is 0 Å². The summed E-state index contributed by atoms with van der Waals surface area (Å²) in [4.78, 5) is 25.4. The molecule has 0 spiro atoms. The van der Waals surface area contributed by atoms with Crippen molar-refractivity contribution >= 4 is 37.6 Å². The van der Waals surface area contributed by atoms with E-state index < -0.39 is 20.6 Å². The Hall–Kier alpha value is -1.41. The maximum Gasteiger partial charge on any atom is 0.324 e. The summed E-state index contributed by atoms with van der Waals surface area (Å²) in [5.41, 5.74) is 1.51. The number of sulfone groups is 1. The summed E-state index contributed by atoms with van der Waals surface area (Å²) in [5.74, 6) is -1.59. The summed E-state index contributed by atoms with van der Waals surface area (Å²) in [5, 5.41) is 9.26. The molecule has 0 saturated carbocycles. The van der Waals surface area contributed by atoms with Crippen molar-refractivity contribution in [3.63, 3.8) is 0 Å². The second kappa shape index (κ2) is 6.24. The number of halogens is 1. The number of nitrogens with zero attached hydrogens (tertiary/aromatic N) is 1. The van der Waals surface area contributed by atoms with Gasteiger partial charge in [-0.3, -0.25) is 9.59 Å². The Kier molecular flexibility index (Phi) is 4.86. The van der Waals surface area contributed by atoms with Crippen LogP contribution in [0, 0.1) is 0 Å². The molecule has 0 bridgehead atoms. The largest absolute Gasteiger partial charge is 0.480 e. The van der Waals surface area contributed by atoms with E-state index in [0.717, 1.165) is 16.3 Å². The first-order valence-electron chi connectivity index (χ1n) is 7.07. The van der Waals surface area contributed by atoms with Crippen molar-refractivity contribution in [1.29, 1.82) is 0 Å². The number of fused-ring (bicyclic) bond motifs is 1. The number of carbonyl (C=O) groups excluding carboxylic acids is 1. The van der Waals surface area contributed by atoms with Crippen LogP contribution in [0.1, 0.15) is 29.3 Å². The minimum atomic E-state index is -3.79. The van der Waals surface area contributed by atoms with E-state index in [1.165, 1.54) is 11.8 Å². The third kappa shape index (κ3) is 3.42. The molecule has 0 aromatic heterocycles. The third-order valence-electron chi connectivity index (χ3n) is 4.37. The molecule has 1 atom stereocenters. The third-order valence-corrected chi connectivity index (χ3v) is 6.87. The van der Waals surface area contributed by atoms with Crippen LogP contribution in [0.3, 0.4) is 0 Å². The van der Waals surface area contributed by atoms with Crippen molar-refractivity contribution in [2.45, 2.75) is 24.5 Å². The van der Waals surface area contributed by atoms with Crippen LogP contribution in [-0.4, -0.2) is 54.4 Å². The van der Waals surface area contributed by atoms with Crippen LogP contribution in [0.2, 0.25) is 0 Å². The molecule has 1 aliphatic heterocycles. The average Bonchev–Trinajstić information content (AvgIpc) is 2.44. The molecule has 0 unspecified atom stereocenters. The molecule has 0 radical (unpaired) electrons. The molecule has 1 aliphatic rings. The SMILES string of the molecule is C[C@@](CCN1CCc2cc(Br)ccc2C1=O)(C(=O)O)S(C)(=O)=O. The lowest BCUT2D eigenvalue weighted by Crippen LogP contribution is -2.47. The van der Waals surface area contributed by atoms with Crippen molar-refractivity contribution in [1.82, 2.24) is 4.90 Å². The van der Waals surface area contributed by atoms with Gasteiger partial charge in [-0.1, -0.05) is 15.9 Å². The van der Waals surface area contributed by atoms with E-state index in [4.69, 9.17) is 0 Å². The lowest BCUT2D eigenvalue weighted by molar-refractivity contribution is -0.139. The van der Waals surface area contributed by atoms with E-state index in [9.17, 15) is 23.1 Å². The monoisotopic (exact) mass is 403 g/mol. The predicted molar refractivity (Wildman–Crippen MR) is 89.3 cm³/mol. The summed E-state index contributed by atoms with van der Waals surface area (Å²) >= 11 is 3.36. The molecule has 1 N–H and O–H groups in total. The molecule has 6 nitrogen and oxygen atoms in total. The van der Waals surface area contributed by atoms with Crippen molar-refractivity contribution < 1.29 is 23.1 Å². The van der Waals surface area contributed by atoms with Crippen LogP contribution in [0.5, 0.6) is 0 Å². The Balaban J connectivity index is 2.18. The second-order valence-corrected chi connectivity index (χ2v) is 9.26. The van der Waals surface area contributed by atoms with Gasteiger partial charge in [-0.15, -0.1) is 0 Å². The smallest absolute Gasteiger partial charge is 0.324 e. The van der Waals surface area contributed by atoms with Crippen molar-refractivity contribution in [3.8, 4) is 0 Å². The highest BCUT2D eigenvalue weighted by Crippen LogP contribution is 2.26. The Bertz CT molecular complexity index is 761. The zero-order valence-corrected chi connectivity index (χ0v) is 15.3. The van der Waals surface area contributed by atoms with Crippen LogP contribution >= 0.6 is 15.9 Å². The van der Waals surface area contributed by atoms with E-state index in [1.54, 1.807) is 12.1 Å². The van der Waals surface area contributed by atoms with Gasteiger partial charge in [0, 0.05) is 29.4 Å². The number of aliphatic carboxylic acids is 1. The number of hydrogen-bond acceptors (Lipinski definition) is 4. The Morgan fingerprint density at radius 1 is 1.43 bits per heavy atom. The fourth-order valence-electron chi connectivity index (χ4n) is 2.52. The Labute approximate surface area is 143 Å². The molecular formula is C15H18BrNO5S. The molecule has 1 amide bonds. The zero-order valence-electron chi connectivity index (χ0n) is 12.9. The summed E-state index contributed by atoms with van der Waals surface area (Å²) in [6.45, 7) is 1.72. The minimum absolute atomic E-state index is 0.0875. The molecule has 126 valence electrons. The summed E-state index contributed by atoms with van der Waals surface area (Å²) in [7, 11) is -3.79. The molecule has 23 heavy (non-hydrogen) atoms. The van der Waals surface area contributed by atoms with Crippen LogP contribution in [0.4, 0.5) is 0 Å². The van der Waals surface area contributed by atoms with Crippen LogP contribution < -0.4 is 0 Å². The van der Waals surface area contributed by atoms with Gasteiger partial charge in [-0.05, 0) is 43.5 Å². The summed E-state index contributed by atoms with van der Waals surface area (Å²) in [6, 6.07) is 5.39. The van der Waals surface area contributed by atoms with E-state index in [-0.39, 0.29) is 18.9 Å². The van der Waals surface area contributed by atoms with Gasteiger partial charge in [0.05, 0.1) is 0 Å². The average molecular weight is 404 g/mol. The highest BCUT2D eigenvalue weighted by molar-refractivity contribution is 9.10. The highest BCUT2D eigenvalue weighted by Gasteiger charge is 2.44. The van der Waals surface area contributed by atoms with Gasteiger partial charge in [0.1, 0.15) is 0 Å². The standard InChI is InChI=1S/C15H18BrNO5S/c1-15(14(19)20,23(2,21)22)6-8-17-7-5-10-9-11(16)3-4-12(10)13(17)18/h3-4,9H,5-8H2,1-2H3,(H,19,20)/t15-/m1/s1. The maximum absolute atomic E-state index is 12.5. The van der Waals surface area contributed by atoms with Crippen molar-refractivity contribution in [2.75, 3.05) is 19.3 Å².